The Balaban J connectivity index is 5.22. The smallest absolute Gasteiger partial charge is 0.326 e. The van der Waals surface area contributed by atoms with Crippen molar-refractivity contribution in [2.75, 3.05) is 19.6 Å². The molecule has 0 fully saturated rings. The Bertz CT molecular complexity index is 798. The highest BCUT2D eigenvalue weighted by molar-refractivity contribution is 5.93. The Morgan fingerprint density at radius 3 is 1.73 bits per heavy atom. The van der Waals surface area contributed by atoms with E-state index in [1.807, 2.05) is 0 Å². The molecule has 0 aromatic rings. The van der Waals surface area contributed by atoms with E-state index in [1.165, 1.54) is 6.92 Å². The Kier molecular flexibility index (Phi) is 16.7. The highest BCUT2D eigenvalue weighted by Gasteiger charge is 2.28. The molecular formula is C21H43N11O5. The number of carboxylic acids is 1. The summed E-state index contributed by atoms with van der Waals surface area (Å²) in [4.78, 5) is 57.2. The molecule has 4 atom stereocenters. The van der Waals surface area contributed by atoms with E-state index in [0.717, 1.165) is 6.42 Å². The topological polar surface area (TPSA) is 305 Å². The van der Waals surface area contributed by atoms with Gasteiger partial charge in [-0.05, 0) is 52.0 Å². The summed E-state index contributed by atoms with van der Waals surface area (Å²) in [7, 11) is 0. The van der Waals surface area contributed by atoms with Crippen molar-refractivity contribution in [2.45, 2.75) is 76.0 Å². The number of hydrogen-bond acceptors (Lipinski definition) is 8. The fraction of sp³-hybridized carbons (Fsp3) is 0.714. The van der Waals surface area contributed by atoms with Gasteiger partial charge in [-0.2, -0.15) is 0 Å². The van der Waals surface area contributed by atoms with Crippen molar-refractivity contribution in [1.82, 2.24) is 16.0 Å². The maximum absolute atomic E-state index is 12.9. The molecule has 16 N–H and O–H groups in total. The summed E-state index contributed by atoms with van der Waals surface area (Å²) in [6.07, 6.45) is 2.57. The van der Waals surface area contributed by atoms with Crippen LogP contribution in [0, 0.1) is 0 Å². The minimum atomic E-state index is -1.26. The Morgan fingerprint density at radius 2 is 1.24 bits per heavy atom. The summed E-state index contributed by atoms with van der Waals surface area (Å²) in [6, 6.07) is -4.16. The predicted molar refractivity (Wildman–Crippen MR) is 140 cm³/mol. The summed E-state index contributed by atoms with van der Waals surface area (Å²) >= 11 is 0. The van der Waals surface area contributed by atoms with E-state index in [4.69, 9.17) is 34.4 Å². The number of carbonyl (C=O) groups is 4. The average Bonchev–Trinajstić information content (AvgIpc) is 2.81. The van der Waals surface area contributed by atoms with Crippen LogP contribution >= 0.6 is 0 Å². The molecule has 0 aromatic heterocycles. The van der Waals surface area contributed by atoms with Gasteiger partial charge in [0.2, 0.25) is 17.7 Å². The lowest BCUT2D eigenvalue weighted by Crippen LogP contribution is -2.56. The second-order valence-corrected chi connectivity index (χ2v) is 8.48. The van der Waals surface area contributed by atoms with Crippen LogP contribution in [-0.4, -0.2) is 84.5 Å². The first-order chi connectivity index (χ1) is 17.4. The average molecular weight is 530 g/mol. The van der Waals surface area contributed by atoms with Gasteiger partial charge in [-0.15, -0.1) is 0 Å². The third-order valence-electron chi connectivity index (χ3n) is 5.20. The molecule has 3 amide bonds. The number of carboxylic acid groups (broad SMARTS) is 1. The Labute approximate surface area is 216 Å². The van der Waals surface area contributed by atoms with Crippen molar-refractivity contribution in [1.29, 1.82) is 0 Å². The van der Waals surface area contributed by atoms with Crippen LogP contribution in [-0.2, 0) is 19.2 Å². The molecule has 0 aromatic carbocycles. The minimum Gasteiger partial charge on any atom is -0.480 e. The van der Waals surface area contributed by atoms with Gasteiger partial charge in [0.15, 0.2) is 11.9 Å². The lowest BCUT2D eigenvalue weighted by Gasteiger charge is -2.23. The second kappa shape index (κ2) is 18.6. The molecule has 0 saturated heterocycles. The zero-order chi connectivity index (χ0) is 28.4. The fourth-order valence-electron chi connectivity index (χ4n) is 3.13. The van der Waals surface area contributed by atoms with Crippen molar-refractivity contribution in [3.63, 3.8) is 0 Å². The first kappa shape index (κ1) is 33.3. The number of hydrogen-bond donors (Lipinski definition) is 10. The van der Waals surface area contributed by atoms with Gasteiger partial charge in [-0.1, -0.05) is 6.42 Å². The first-order valence-electron chi connectivity index (χ1n) is 12.1. The van der Waals surface area contributed by atoms with Crippen molar-refractivity contribution >= 4 is 35.6 Å². The number of nitrogens with zero attached hydrogens (tertiary/aromatic N) is 2. The Morgan fingerprint density at radius 1 is 0.730 bits per heavy atom. The summed E-state index contributed by atoms with van der Waals surface area (Å²) in [5.74, 6) is -3.39. The number of aliphatic carboxylic acids is 1. The number of rotatable bonds is 19. The molecule has 16 heteroatoms. The summed E-state index contributed by atoms with van der Waals surface area (Å²) in [5.41, 5.74) is 32.4. The van der Waals surface area contributed by atoms with E-state index >= 15 is 0 Å². The molecule has 0 spiro atoms. The number of unbranched alkanes of at least 4 members (excludes halogenated alkanes) is 1. The third kappa shape index (κ3) is 15.8. The van der Waals surface area contributed by atoms with Gasteiger partial charge in [0.05, 0.1) is 6.04 Å². The zero-order valence-electron chi connectivity index (χ0n) is 21.3. The SMILES string of the molecule is CC(NC(=O)C(N)CCCCN)C(=O)NC(CCCN=C(N)N)C(=O)NC(CCCN=C(N)N)C(=O)O. The number of nitrogens with two attached hydrogens (primary N) is 6. The predicted octanol–water partition coefficient (Wildman–Crippen LogP) is -3.89. The molecule has 0 saturated carbocycles. The number of carbonyl (C=O) groups excluding carboxylic acids is 3. The highest BCUT2D eigenvalue weighted by Crippen LogP contribution is 2.05. The van der Waals surface area contributed by atoms with Crippen LogP contribution in [0.3, 0.4) is 0 Å². The lowest BCUT2D eigenvalue weighted by molar-refractivity contribution is -0.142. The Hall–Kier alpha value is -3.66. The van der Waals surface area contributed by atoms with Gasteiger partial charge >= 0.3 is 5.97 Å². The van der Waals surface area contributed by atoms with Crippen LogP contribution in [0.15, 0.2) is 9.98 Å². The van der Waals surface area contributed by atoms with Crippen molar-refractivity contribution in [3.05, 3.63) is 0 Å². The molecule has 212 valence electrons. The van der Waals surface area contributed by atoms with Crippen molar-refractivity contribution in [3.8, 4) is 0 Å². The highest BCUT2D eigenvalue weighted by atomic mass is 16.4. The maximum Gasteiger partial charge on any atom is 0.326 e. The van der Waals surface area contributed by atoms with Crippen LogP contribution < -0.4 is 50.4 Å². The molecule has 0 radical (unpaired) electrons. The van der Waals surface area contributed by atoms with Gasteiger partial charge in [0, 0.05) is 13.1 Å². The summed E-state index contributed by atoms with van der Waals surface area (Å²) in [6.45, 7) is 2.30. The summed E-state index contributed by atoms with van der Waals surface area (Å²) in [5, 5.41) is 17.0. The quantitative estimate of drug-likeness (QED) is 0.0438. The molecule has 0 heterocycles. The minimum absolute atomic E-state index is 0.0566. The first-order valence-corrected chi connectivity index (χ1v) is 12.1. The van der Waals surface area contributed by atoms with Crippen LogP contribution in [0.1, 0.15) is 51.9 Å². The summed E-state index contributed by atoms with van der Waals surface area (Å²) < 4.78 is 0. The number of aliphatic imine (C=N–C) groups is 2. The van der Waals surface area contributed by atoms with Gasteiger partial charge in [-0.3, -0.25) is 24.4 Å². The van der Waals surface area contributed by atoms with Crippen molar-refractivity contribution < 1.29 is 24.3 Å². The molecule has 4 unspecified atom stereocenters. The van der Waals surface area contributed by atoms with E-state index in [-0.39, 0.29) is 37.9 Å². The third-order valence-corrected chi connectivity index (χ3v) is 5.20. The largest absolute Gasteiger partial charge is 0.480 e. The molecule has 0 rings (SSSR count). The van der Waals surface area contributed by atoms with Crippen LogP contribution in [0.4, 0.5) is 0 Å². The van der Waals surface area contributed by atoms with E-state index in [1.54, 1.807) is 0 Å². The normalized spacial score (nSPS) is 13.8. The van der Waals surface area contributed by atoms with Crippen molar-refractivity contribution in [2.24, 2.45) is 44.4 Å². The standard InChI is InChI=1S/C21H43N11O5/c1-12(30-17(34)13(23)6-2-3-9-22)16(33)31-14(7-4-10-28-20(24)25)18(35)32-15(19(36)37)8-5-11-29-21(26)27/h12-15H,2-11,22-23H2,1H3,(H,30,34)(H,31,33)(H,32,35)(H,36,37)(H4,24,25,28)(H4,26,27,29). The fourth-order valence-corrected chi connectivity index (χ4v) is 3.13. The van der Waals surface area contributed by atoms with Gasteiger partial charge < -0.3 is 55.5 Å². The van der Waals surface area contributed by atoms with Gasteiger partial charge in [0.25, 0.3) is 0 Å². The molecule has 37 heavy (non-hydrogen) atoms. The van der Waals surface area contributed by atoms with Crippen LogP contribution in [0.5, 0.6) is 0 Å². The monoisotopic (exact) mass is 529 g/mol. The van der Waals surface area contributed by atoms with E-state index < -0.39 is 47.9 Å². The number of amides is 3. The van der Waals surface area contributed by atoms with E-state index in [0.29, 0.717) is 32.2 Å². The van der Waals surface area contributed by atoms with Crippen LogP contribution in [0.2, 0.25) is 0 Å². The van der Waals surface area contributed by atoms with Gasteiger partial charge in [0.1, 0.15) is 18.1 Å². The van der Waals surface area contributed by atoms with E-state index in [2.05, 4.69) is 25.9 Å². The number of nitrogens with one attached hydrogen (secondary N) is 3. The zero-order valence-corrected chi connectivity index (χ0v) is 21.3. The molecule has 16 nitrogen and oxygen atoms in total. The van der Waals surface area contributed by atoms with Crippen LogP contribution in [0.25, 0.3) is 0 Å². The molecule has 0 aliphatic heterocycles. The molecule has 0 aliphatic rings. The molecule has 0 bridgehead atoms. The number of guanidine groups is 2. The molecule has 0 aliphatic carbocycles. The maximum atomic E-state index is 12.9. The lowest BCUT2D eigenvalue weighted by atomic mass is 10.1. The second-order valence-electron chi connectivity index (χ2n) is 8.48. The van der Waals surface area contributed by atoms with Gasteiger partial charge in [-0.25, -0.2) is 4.79 Å². The van der Waals surface area contributed by atoms with E-state index in [9.17, 15) is 24.3 Å². The molecular weight excluding hydrogens is 486 g/mol.